The number of carbonyl (C=O) groups is 1. The van der Waals surface area contributed by atoms with Crippen molar-refractivity contribution in [2.75, 3.05) is 11.9 Å². The van der Waals surface area contributed by atoms with E-state index in [0.717, 1.165) is 23.9 Å². The smallest absolute Gasteiger partial charge is 0.226 e. The van der Waals surface area contributed by atoms with Gasteiger partial charge in [-0.2, -0.15) is 0 Å². The van der Waals surface area contributed by atoms with Crippen LogP contribution in [0.3, 0.4) is 0 Å². The molecule has 1 aromatic rings. The lowest BCUT2D eigenvalue weighted by atomic mass is 10.0. The van der Waals surface area contributed by atoms with Gasteiger partial charge in [0.25, 0.3) is 0 Å². The number of halogens is 2. The highest BCUT2D eigenvalue weighted by Gasteiger charge is 2.17. The first-order valence-electron chi connectivity index (χ1n) is 6.13. The second-order valence-corrected chi connectivity index (χ2v) is 5.44. The number of hydrogen-bond donors (Lipinski definition) is 2. The maximum Gasteiger partial charge on any atom is 0.226 e. The van der Waals surface area contributed by atoms with Gasteiger partial charge in [-0.25, -0.2) is 4.39 Å². The van der Waals surface area contributed by atoms with Gasteiger partial charge >= 0.3 is 0 Å². The highest BCUT2D eigenvalue weighted by Crippen LogP contribution is 2.20. The fraction of sp³-hybridized carbons (Fsp3) is 0.462. The van der Waals surface area contributed by atoms with Crippen molar-refractivity contribution >= 4 is 27.5 Å². The van der Waals surface area contributed by atoms with E-state index < -0.39 is 5.82 Å². The molecule has 0 saturated carbocycles. The Labute approximate surface area is 114 Å². The third-order valence-electron chi connectivity index (χ3n) is 3.05. The first-order valence-corrected chi connectivity index (χ1v) is 6.93. The Morgan fingerprint density at radius 3 is 3.06 bits per heavy atom. The fourth-order valence-electron chi connectivity index (χ4n) is 2.12. The monoisotopic (exact) mass is 314 g/mol. The molecule has 0 aromatic heterocycles. The van der Waals surface area contributed by atoms with E-state index in [4.69, 9.17) is 0 Å². The fourth-order valence-corrected chi connectivity index (χ4v) is 2.48. The molecule has 2 rings (SSSR count). The van der Waals surface area contributed by atoms with Crippen molar-refractivity contribution < 1.29 is 9.18 Å². The Hall–Kier alpha value is -0.940. The number of piperidine rings is 1. The van der Waals surface area contributed by atoms with Crippen molar-refractivity contribution in [3.63, 3.8) is 0 Å². The predicted molar refractivity (Wildman–Crippen MR) is 73.0 cm³/mol. The largest absolute Gasteiger partial charge is 0.324 e. The van der Waals surface area contributed by atoms with Crippen LogP contribution in [-0.4, -0.2) is 18.5 Å². The lowest BCUT2D eigenvalue weighted by molar-refractivity contribution is -0.116. The van der Waals surface area contributed by atoms with Gasteiger partial charge < -0.3 is 10.6 Å². The third kappa shape index (κ3) is 3.78. The minimum atomic E-state index is -0.414. The molecule has 1 aromatic carbocycles. The van der Waals surface area contributed by atoms with Gasteiger partial charge in [-0.3, -0.25) is 4.79 Å². The summed E-state index contributed by atoms with van der Waals surface area (Å²) in [6.45, 7) is 0.962. The summed E-state index contributed by atoms with van der Waals surface area (Å²) in [4.78, 5) is 11.8. The minimum Gasteiger partial charge on any atom is -0.324 e. The molecule has 5 heteroatoms. The first-order chi connectivity index (χ1) is 8.65. The van der Waals surface area contributed by atoms with E-state index in [9.17, 15) is 9.18 Å². The quantitative estimate of drug-likeness (QED) is 0.900. The molecule has 1 aliphatic rings. The highest BCUT2D eigenvalue weighted by atomic mass is 79.9. The third-order valence-corrected chi connectivity index (χ3v) is 3.54. The SMILES string of the molecule is O=C(CC1CCCCN1)Nc1cc(Br)ccc1F. The van der Waals surface area contributed by atoms with Gasteiger partial charge in [0, 0.05) is 16.9 Å². The Kier molecular flexibility index (Phi) is 4.72. The topological polar surface area (TPSA) is 41.1 Å². The summed E-state index contributed by atoms with van der Waals surface area (Å²) in [5.74, 6) is -0.561. The van der Waals surface area contributed by atoms with Gasteiger partial charge in [-0.1, -0.05) is 22.4 Å². The molecule has 1 amide bonds. The minimum absolute atomic E-state index is 0.147. The molecule has 2 N–H and O–H groups in total. The summed E-state index contributed by atoms with van der Waals surface area (Å²) in [6, 6.07) is 4.72. The van der Waals surface area contributed by atoms with Gasteiger partial charge in [0.05, 0.1) is 5.69 Å². The zero-order chi connectivity index (χ0) is 13.0. The molecule has 1 saturated heterocycles. The number of benzene rings is 1. The van der Waals surface area contributed by atoms with Crippen molar-refractivity contribution in [2.45, 2.75) is 31.7 Å². The van der Waals surface area contributed by atoms with Crippen LogP contribution in [0.25, 0.3) is 0 Å². The van der Waals surface area contributed by atoms with Gasteiger partial charge in [0.15, 0.2) is 0 Å². The van der Waals surface area contributed by atoms with E-state index in [0.29, 0.717) is 6.42 Å². The Morgan fingerprint density at radius 1 is 1.50 bits per heavy atom. The molecule has 1 fully saturated rings. The van der Waals surface area contributed by atoms with Crippen LogP contribution in [0.4, 0.5) is 10.1 Å². The zero-order valence-electron chi connectivity index (χ0n) is 10.0. The second-order valence-electron chi connectivity index (χ2n) is 4.52. The van der Waals surface area contributed by atoms with Gasteiger partial charge in [-0.05, 0) is 37.6 Å². The molecule has 98 valence electrons. The van der Waals surface area contributed by atoms with E-state index in [2.05, 4.69) is 26.6 Å². The molecule has 18 heavy (non-hydrogen) atoms. The molecule has 1 atom stereocenters. The molecular formula is C13H16BrFN2O. The second kappa shape index (κ2) is 6.29. The van der Waals surface area contributed by atoms with E-state index in [-0.39, 0.29) is 17.6 Å². The molecule has 3 nitrogen and oxygen atoms in total. The van der Waals surface area contributed by atoms with E-state index in [1.165, 1.54) is 12.5 Å². The lowest BCUT2D eigenvalue weighted by Gasteiger charge is -2.22. The van der Waals surface area contributed by atoms with Gasteiger partial charge in [0.2, 0.25) is 5.91 Å². The van der Waals surface area contributed by atoms with Crippen LogP contribution in [0.2, 0.25) is 0 Å². The first kappa shape index (κ1) is 13.5. The van der Waals surface area contributed by atoms with Crippen molar-refractivity contribution in [3.05, 3.63) is 28.5 Å². The molecule has 0 spiro atoms. The van der Waals surface area contributed by atoms with E-state index >= 15 is 0 Å². The van der Waals surface area contributed by atoms with Crippen LogP contribution in [-0.2, 0) is 4.79 Å². The van der Waals surface area contributed by atoms with Crippen molar-refractivity contribution in [1.29, 1.82) is 0 Å². The van der Waals surface area contributed by atoms with Crippen LogP contribution in [0.5, 0.6) is 0 Å². The highest BCUT2D eigenvalue weighted by molar-refractivity contribution is 9.10. The van der Waals surface area contributed by atoms with Crippen molar-refractivity contribution in [2.24, 2.45) is 0 Å². The van der Waals surface area contributed by atoms with Crippen LogP contribution < -0.4 is 10.6 Å². The molecule has 1 heterocycles. The van der Waals surface area contributed by atoms with Crippen molar-refractivity contribution in [3.8, 4) is 0 Å². The average molecular weight is 315 g/mol. The number of carbonyl (C=O) groups excluding carboxylic acids is 1. The molecule has 1 aliphatic heterocycles. The standard InChI is InChI=1S/C13H16BrFN2O/c14-9-4-5-11(15)12(7-9)17-13(18)8-10-3-1-2-6-16-10/h4-5,7,10,16H,1-3,6,8H2,(H,17,18). The summed E-state index contributed by atoms with van der Waals surface area (Å²) in [7, 11) is 0. The molecule has 1 unspecified atom stereocenters. The molecule has 0 radical (unpaired) electrons. The maximum absolute atomic E-state index is 13.5. The van der Waals surface area contributed by atoms with Crippen molar-refractivity contribution in [1.82, 2.24) is 5.32 Å². The Balaban J connectivity index is 1.92. The zero-order valence-corrected chi connectivity index (χ0v) is 11.6. The van der Waals surface area contributed by atoms with E-state index in [1.54, 1.807) is 12.1 Å². The van der Waals surface area contributed by atoms with Gasteiger partial charge in [-0.15, -0.1) is 0 Å². The average Bonchev–Trinajstić information content (AvgIpc) is 2.35. The van der Waals surface area contributed by atoms with Crippen LogP contribution in [0.1, 0.15) is 25.7 Å². The van der Waals surface area contributed by atoms with Gasteiger partial charge in [0.1, 0.15) is 5.82 Å². The maximum atomic E-state index is 13.5. The number of amides is 1. The molecule has 0 bridgehead atoms. The molecular weight excluding hydrogens is 299 g/mol. The lowest BCUT2D eigenvalue weighted by Crippen LogP contribution is -2.37. The summed E-state index contributed by atoms with van der Waals surface area (Å²) < 4.78 is 14.2. The normalized spacial score (nSPS) is 19.6. The summed E-state index contributed by atoms with van der Waals surface area (Å²) >= 11 is 3.25. The number of rotatable bonds is 3. The number of nitrogens with one attached hydrogen (secondary N) is 2. The predicted octanol–water partition coefficient (Wildman–Crippen LogP) is 3.06. The Morgan fingerprint density at radius 2 is 2.33 bits per heavy atom. The number of anilines is 1. The molecule has 0 aliphatic carbocycles. The van der Waals surface area contributed by atoms with Crippen LogP contribution in [0, 0.1) is 5.82 Å². The Bertz CT molecular complexity index is 433. The summed E-state index contributed by atoms with van der Waals surface area (Å²) in [5.41, 5.74) is 0.227. The summed E-state index contributed by atoms with van der Waals surface area (Å²) in [5, 5.41) is 5.91. The van der Waals surface area contributed by atoms with Crippen LogP contribution in [0.15, 0.2) is 22.7 Å². The summed E-state index contributed by atoms with van der Waals surface area (Å²) in [6.07, 6.45) is 3.72. The number of hydrogen-bond acceptors (Lipinski definition) is 2. The van der Waals surface area contributed by atoms with Crippen LogP contribution >= 0.6 is 15.9 Å². The van der Waals surface area contributed by atoms with E-state index in [1.807, 2.05) is 0 Å².